The molecular weight excluding hydrogens is 282 g/mol. The molecule has 0 unspecified atom stereocenters. The molecule has 0 spiro atoms. The van der Waals surface area contributed by atoms with Crippen LogP contribution in [0.2, 0.25) is 0 Å². The van der Waals surface area contributed by atoms with Crippen LogP contribution in [0, 0.1) is 13.8 Å². The Hall–Kier alpha value is -1.44. The minimum absolute atomic E-state index is 0.00838. The molecule has 0 heterocycles. The molecular formula is C13H19NO5S. The fraction of sp³-hybridized carbons (Fsp3) is 0.462. The average Bonchev–Trinajstić information content (AvgIpc) is 2.33. The second kappa shape index (κ2) is 6.83. The lowest BCUT2D eigenvalue weighted by atomic mass is 10.1. The Balaban J connectivity index is 3.05. The molecule has 0 aliphatic heterocycles. The maximum absolute atomic E-state index is 12.1. The number of hydrogen-bond donors (Lipinski definition) is 3. The highest BCUT2D eigenvalue weighted by Gasteiger charge is 2.20. The van der Waals surface area contributed by atoms with Crippen LogP contribution >= 0.6 is 0 Å². The predicted octanol–water partition coefficient (Wildman–Crippen LogP) is 1.05. The molecule has 3 N–H and O–H groups in total. The van der Waals surface area contributed by atoms with E-state index in [-0.39, 0.29) is 23.6 Å². The van der Waals surface area contributed by atoms with E-state index in [1.807, 2.05) is 0 Å². The molecule has 0 fully saturated rings. The largest absolute Gasteiger partial charge is 0.478 e. The molecule has 1 rings (SSSR count). The van der Waals surface area contributed by atoms with Crippen molar-refractivity contribution < 1.29 is 23.4 Å². The minimum atomic E-state index is -3.74. The number of aliphatic hydroxyl groups excluding tert-OH is 1. The number of sulfonamides is 1. The van der Waals surface area contributed by atoms with Crippen molar-refractivity contribution in [3.05, 3.63) is 28.8 Å². The molecule has 1 aromatic rings. The minimum Gasteiger partial charge on any atom is -0.478 e. The normalized spacial score (nSPS) is 11.6. The second-order valence-corrected chi connectivity index (χ2v) is 6.30. The van der Waals surface area contributed by atoms with Crippen molar-refractivity contribution in [2.45, 2.75) is 31.6 Å². The number of hydrogen-bond acceptors (Lipinski definition) is 4. The van der Waals surface area contributed by atoms with Gasteiger partial charge in [0.05, 0.1) is 10.5 Å². The smallest absolute Gasteiger partial charge is 0.335 e. The highest BCUT2D eigenvalue weighted by molar-refractivity contribution is 7.89. The SMILES string of the molecule is Cc1cc(C)c(S(=O)(=O)NCCCCO)cc1C(=O)O. The van der Waals surface area contributed by atoms with E-state index in [2.05, 4.69) is 4.72 Å². The third-order valence-corrected chi connectivity index (χ3v) is 4.52. The molecule has 0 bridgehead atoms. The molecule has 0 aliphatic carbocycles. The summed E-state index contributed by atoms with van der Waals surface area (Å²) in [6.07, 6.45) is 1.03. The standard InChI is InChI=1S/C13H19NO5S/c1-9-7-10(2)12(8-11(9)13(16)17)20(18,19)14-5-3-4-6-15/h7-8,14-15H,3-6H2,1-2H3,(H,16,17). The molecule has 6 nitrogen and oxygen atoms in total. The van der Waals surface area contributed by atoms with E-state index in [1.165, 1.54) is 6.07 Å². The van der Waals surface area contributed by atoms with E-state index in [0.717, 1.165) is 0 Å². The number of nitrogens with one attached hydrogen (secondary N) is 1. The van der Waals surface area contributed by atoms with Gasteiger partial charge < -0.3 is 10.2 Å². The number of aromatic carboxylic acids is 1. The van der Waals surface area contributed by atoms with Crippen molar-refractivity contribution >= 4 is 16.0 Å². The first-order valence-electron chi connectivity index (χ1n) is 6.24. The molecule has 7 heteroatoms. The summed E-state index contributed by atoms with van der Waals surface area (Å²) >= 11 is 0. The third kappa shape index (κ3) is 4.03. The van der Waals surface area contributed by atoms with E-state index in [9.17, 15) is 13.2 Å². The maximum atomic E-state index is 12.1. The summed E-state index contributed by atoms with van der Waals surface area (Å²) in [7, 11) is -3.74. The van der Waals surface area contributed by atoms with Crippen LogP contribution in [0.4, 0.5) is 0 Å². The highest BCUT2D eigenvalue weighted by Crippen LogP contribution is 2.20. The average molecular weight is 301 g/mol. The summed E-state index contributed by atoms with van der Waals surface area (Å²) in [5, 5.41) is 17.7. The molecule has 112 valence electrons. The number of carboxylic acid groups (broad SMARTS) is 1. The molecule has 0 saturated heterocycles. The van der Waals surface area contributed by atoms with Gasteiger partial charge >= 0.3 is 5.97 Å². The number of benzene rings is 1. The van der Waals surface area contributed by atoms with Crippen LogP contribution in [0.15, 0.2) is 17.0 Å². The van der Waals surface area contributed by atoms with E-state index in [4.69, 9.17) is 10.2 Å². The van der Waals surface area contributed by atoms with E-state index >= 15 is 0 Å². The zero-order valence-electron chi connectivity index (χ0n) is 11.5. The summed E-state index contributed by atoms with van der Waals surface area (Å²) in [6.45, 7) is 3.47. The Kier molecular flexibility index (Phi) is 5.67. The lowest BCUT2D eigenvalue weighted by molar-refractivity contribution is 0.0696. The Morgan fingerprint density at radius 2 is 1.85 bits per heavy atom. The molecule has 1 aromatic carbocycles. The van der Waals surface area contributed by atoms with Crippen molar-refractivity contribution in [2.75, 3.05) is 13.2 Å². The Morgan fingerprint density at radius 1 is 1.20 bits per heavy atom. The first-order valence-corrected chi connectivity index (χ1v) is 7.73. The van der Waals surface area contributed by atoms with Gasteiger partial charge in [0.15, 0.2) is 0 Å². The predicted molar refractivity (Wildman–Crippen MR) is 74.4 cm³/mol. The van der Waals surface area contributed by atoms with Crippen molar-refractivity contribution in [1.29, 1.82) is 0 Å². The fourth-order valence-corrected chi connectivity index (χ4v) is 3.20. The van der Waals surface area contributed by atoms with Crippen molar-refractivity contribution in [3.63, 3.8) is 0 Å². The monoisotopic (exact) mass is 301 g/mol. The molecule has 0 aromatic heterocycles. The number of aliphatic hydroxyl groups is 1. The van der Waals surface area contributed by atoms with E-state index in [0.29, 0.717) is 24.0 Å². The van der Waals surface area contributed by atoms with E-state index in [1.54, 1.807) is 19.9 Å². The lowest BCUT2D eigenvalue weighted by Crippen LogP contribution is -2.26. The van der Waals surface area contributed by atoms with Crippen LogP contribution < -0.4 is 4.72 Å². The number of carboxylic acids is 1. The lowest BCUT2D eigenvalue weighted by Gasteiger charge is -2.11. The molecule has 0 amide bonds. The van der Waals surface area contributed by atoms with Crippen LogP contribution in [0.25, 0.3) is 0 Å². The molecule has 0 saturated carbocycles. The van der Waals surface area contributed by atoms with Gasteiger partial charge in [0.2, 0.25) is 10.0 Å². The summed E-state index contributed by atoms with van der Waals surface area (Å²) < 4.78 is 26.7. The number of rotatable bonds is 7. The molecule has 0 radical (unpaired) electrons. The zero-order valence-corrected chi connectivity index (χ0v) is 12.3. The Bertz CT molecular complexity index is 595. The van der Waals surface area contributed by atoms with Gasteiger partial charge in [-0.2, -0.15) is 0 Å². The highest BCUT2D eigenvalue weighted by atomic mass is 32.2. The van der Waals surface area contributed by atoms with Crippen LogP contribution in [0.5, 0.6) is 0 Å². The second-order valence-electron chi connectivity index (χ2n) is 4.57. The van der Waals surface area contributed by atoms with Gasteiger partial charge in [-0.3, -0.25) is 0 Å². The van der Waals surface area contributed by atoms with Gasteiger partial charge in [-0.25, -0.2) is 17.9 Å². The van der Waals surface area contributed by atoms with E-state index < -0.39 is 16.0 Å². The van der Waals surface area contributed by atoms with Crippen LogP contribution in [0.1, 0.15) is 34.3 Å². The van der Waals surface area contributed by atoms with Gasteiger partial charge in [0.25, 0.3) is 0 Å². The first-order chi connectivity index (χ1) is 9.29. The van der Waals surface area contributed by atoms with Crippen LogP contribution in [0.3, 0.4) is 0 Å². The van der Waals surface area contributed by atoms with Crippen molar-refractivity contribution in [1.82, 2.24) is 4.72 Å². The topological polar surface area (TPSA) is 104 Å². The molecule has 0 atom stereocenters. The van der Waals surface area contributed by atoms with Crippen LogP contribution in [-0.2, 0) is 10.0 Å². The maximum Gasteiger partial charge on any atom is 0.335 e. The summed E-state index contributed by atoms with van der Waals surface area (Å²) in [6, 6.07) is 2.73. The first kappa shape index (κ1) is 16.6. The quantitative estimate of drug-likeness (QED) is 0.653. The number of unbranched alkanes of at least 4 members (excludes halogenated alkanes) is 1. The zero-order chi connectivity index (χ0) is 15.3. The summed E-state index contributed by atoms with van der Waals surface area (Å²) in [5.74, 6) is -1.15. The van der Waals surface area contributed by atoms with Crippen molar-refractivity contribution in [3.8, 4) is 0 Å². The van der Waals surface area contributed by atoms with Gasteiger partial charge in [-0.05, 0) is 43.9 Å². The van der Waals surface area contributed by atoms with Gasteiger partial charge in [0, 0.05) is 13.2 Å². The fourth-order valence-electron chi connectivity index (χ4n) is 1.87. The Labute approximate surface area is 118 Å². The molecule has 20 heavy (non-hydrogen) atoms. The molecule has 0 aliphatic rings. The van der Waals surface area contributed by atoms with Gasteiger partial charge in [-0.15, -0.1) is 0 Å². The van der Waals surface area contributed by atoms with Crippen LogP contribution in [-0.4, -0.2) is 37.8 Å². The Morgan fingerprint density at radius 3 is 2.40 bits per heavy atom. The number of carbonyl (C=O) groups is 1. The summed E-state index contributed by atoms with van der Waals surface area (Å²) in [4.78, 5) is 11.0. The number of aryl methyl sites for hydroxylation is 2. The van der Waals surface area contributed by atoms with Gasteiger partial charge in [0.1, 0.15) is 0 Å². The third-order valence-electron chi connectivity index (χ3n) is 2.92. The van der Waals surface area contributed by atoms with Gasteiger partial charge in [-0.1, -0.05) is 6.07 Å². The van der Waals surface area contributed by atoms with Crippen molar-refractivity contribution in [2.24, 2.45) is 0 Å². The summed E-state index contributed by atoms with van der Waals surface area (Å²) in [5.41, 5.74) is 1.00.